The topological polar surface area (TPSA) is 49.3 Å². The van der Waals surface area contributed by atoms with Gasteiger partial charge in [0.05, 0.1) is 11.0 Å². The maximum absolute atomic E-state index is 11.8. The van der Waals surface area contributed by atoms with Crippen LogP contribution in [0, 0.1) is 0 Å². The van der Waals surface area contributed by atoms with E-state index >= 15 is 0 Å². The minimum Gasteiger partial charge on any atom is -0.387 e. The summed E-state index contributed by atoms with van der Waals surface area (Å²) in [6, 6.07) is 13.2. The number of hydrogen-bond donors (Lipinski definition) is 2. The molecule has 1 heterocycles. The fraction of sp³-hybridized carbons (Fsp3) is 0.312. The first-order chi connectivity index (χ1) is 9.68. The van der Waals surface area contributed by atoms with Crippen LogP contribution >= 0.6 is 11.3 Å². The van der Waals surface area contributed by atoms with Crippen LogP contribution in [0.3, 0.4) is 0 Å². The fourth-order valence-electron chi connectivity index (χ4n) is 2.02. The van der Waals surface area contributed by atoms with E-state index in [0.29, 0.717) is 13.0 Å². The van der Waals surface area contributed by atoms with Gasteiger partial charge in [0.1, 0.15) is 0 Å². The van der Waals surface area contributed by atoms with Gasteiger partial charge in [-0.15, -0.1) is 11.3 Å². The molecule has 2 atom stereocenters. The van der Waals surface area contributed by atoms with E-state index in [4.69, 9.17) is 0 Å². The first-order valence-corrected chi connectivity index (χ1v) is 7.59. The molecule has 0 amide bonds. The second kappa shape index (κ2) is 7.33. The maximum Gasteiger partial charge on any atom is 0.174 e. The molecule has 106 valence electrons. The molecule has 2 aromatic rings. The van der Waals surface area contributed by atoms with Gasteiger partial charge in [-0.25, -0.2) is 0 Å². The van der Waals surface area contributed by atoms with Gasteiger partial charge in [0.15, 0.2) is 5.78 Å². The number of hydrogen-bond acceptors (Lipinski definition) is 4. The van der Waals surface area contributed by atoms with Crippen LogP contribution in [0.2, 0.25) is 0 Å². The molecule has 0 aliphatic rings. The highest BCUT2D eigenvalue weighted by atomic mass is 32.1. The Morgan fingerprint density at radius 2 is 2.00 bits per heavy atom. The first-order valence-electron chi connectivity index (χ1n) is 6.71. The molecular formula is C16H19NO2S. The summed E-state index contributed by atoms with van der Waals surface area (Å²) >= 11 is 1.47. The van der Waals surface area contributed by atoms with E-state index in [0.717, 1.165) is 10.4 Å². The summed E-state index contributed by atoms with van der Waals surface area (Å²) < 4.78 is 0. The van der Waals surface area contributed by atoms with Gasteiger partial charge in [-0.2, -0.15) is 0 Å². The van der Waals surface area contributed by atoms with E-state index in [-0.39, 0.29) is 11.8 Å². The Bertz CT molecular complexity index is 525. The number of thiophene rings is 1. The Morgan fingerprint density at radius 1 is 1.25 bits per heavy atom. The van der Waals surface area contributed by atoms with E-state index in [1.807, 2.05) is 54.8 Å². The van der Waals surface area contributed by atoms with Crippen molar-refractivity contribution in [3.63, 3.8) is 0 Å². The predicted octanol–water partition coefficient (Wildman–Crippen LogP) is 3.03. The molecule has 0 radical (unpaired) electrons. The monoisotopic (exact) mass is 289 g/mol. The molecule has 2 rings (SSSR count). The number of ketones is 1. The highest BCUT2D eigenvalue weighted by Gasteiger charge is 2.16. The van der Waals surface area contributed by atoms with Crippen molar-refractivity contribution < 1.29 is 9.90 Å². The minimum absolute atomic E-state index is 0.0893. The summed E-state index contributed by atoms with van der Waals surface area (Å²) in [7, 11) is 0. The van der Waals surface area contributed by atoms with Crippen molar-refractivity contribution in [2.75, 3.05) is 6.54 Å². The molecular weight excluding hydrogens is 270 g/mol. The van der Waals surface area contributed by atoms with Crippen LogP contribution in [-0.2, 0) is 0 Å². The quantitative estimate of drug-likeness (QED) is 0.770. The molecule has 0 aliphatic heterocycles. The second-order valence-electron chi connectivity index (χ2n) is 4.75. The third-order valence-electron chi connectivity index (χ3n) is 3.23. The van der Waals surface area contributed by atoms with E-state index < -0.39 is 6.10 Å². The van der Waals surface area contributed by atoms with Crippen LogP contribution in [-0.4, -0.2) is 23.5 Å². The number of aliphatic hydroxyl groups excluding tert-OH is 1. The van der Waals surface area contributed by atoms with E-state index in [1.165, 1.54) is 11.3 Å². The van der Waals surface area contributed by atoms with Crippen molar-refractivity contribution in [3.8, 4) is 0 Å². The second-order valence-corrected chi connectivity index (χ2v) is 5.70. The van der Waals surface area contributed by atoms with E-state index in [1.54, 1.807) is 0 Å². The van der Waals surface area contributed by atoms with Gasteiger partial charge >= 0.3 is 0 Å². The zero-order chi connectivity index (χ0) is 14.4. The number of benzene rings is 1. The van der Waals surface area contributed by atoms with Crippen molar-refractivity contribution in [2.45, 2.75) is 25.5 Å². The maximum atomic E-state index is 11.8. The number of carbonyl (C=O) groups excluding carboxylic acids is 1. The Morgan fingerprint density at radius 3 is 2.65 bits per heavy atom. The van der Waals surface area contributed by atoms with Crippen LogP contribution in [0.1, 0.15) is 34.7 Å². The number of aliphatic hydroxyl groups is 1. The zero-order valence-electron chi connectivity index (χ0n) is 11.5. The largest absolute Gasteiger partial charge is 0.387 e. The lowest BCUT2D eigenvalue weighted by atomic mass is 10.0. The van der Waals surface area contributed by atoms with Gasteiger partial charge in [-0.05, 0) is 23.9 Å². The Kier molecular flexibility index (Phi) is 5.47. The van der Waals surface area contributed by atoms with Gasteiger partial charge in [0, 0.05) is 19.0 Å². The minimum atomic E-state index is -0.562. The van der Waals surface area contributed by atoms with E-state index in [9.17, 15) is 9.90 Å². The molecule has 1 aromatic heterocycles. The first kappa shape index (κ1) is 14.9. The molecule has 0 bridgehead atoms. The summed E-state index contributed by atoms with van der Waals surface area (Å²) in [6.45, 7) is 2.50. The van der Waals surface area contributed by atoms with Crippen molar-refractivity contribution in [3.05, 3.63) is 58.3 Å². The highest BCUT2D eigenvalue weighted by Crippen LogP contribution is 2.16. The Hall–Kier alpha value is -1.49. The van der Waals surface area contributed by atoms with Gasteiger partial charge < -0.3 is 10.4 Å². The van der Waals surface area contributed by atoms with Gasteiger partial charge in [0.25, 0.3) is 0 Å². The van der Waals surface area contributed by atoms with Crippen LogP contribution in [0.25, 0.3) is 0 Å². The normalized spacial score (nSPS) is 13.9. The number of Topliss-reactive ketones (excluding diaryl/α,β-unsaturated/α-hetero) is 1. The molecule has 20 heavy (non-hydrogen) atoms. The number of carbonyl (C=O) groups is 1. The third kappa shape index (κ3) is 4.00. The fourth-order valence-corrected chi connectivity index (χ4v) is 2.72. The van der Waals surface area contributed by atoms with Crippen molar-refractivity contribution in [2.24, 2.45) is 0 Å². The summed E-state index contributed by atoms with van der Waals surface area (Å²) in [6.07, 6.45) is -0.111. The predicted molar refractivity (Wildman–Crippen MR) is 82.1 cm³/mol. The third-order valence-corrected chi connectivity index (χ3v) is 4.14. The van der Waals surface area contributed by atoms with Gasteiger partial charge in [-0.1, -0.05) is 36.4 Å². The van der Waals surface area contributed by atoms with E-state index in [2.05, 4.69) is 5.32 Å². The van der Waals surface area contributed by atoms with Crippen molar-refractivity contribution >= 4 is 17.1 Å². The average molecular weight is 289 g/mol. The molecule has 0 saturated carbocycles. The average Bonchev–Trinajstić information content (AvgIpc) is 3.01. The SMILES string of the molecule is C[C@@H](NCCC(=O)c1cccs1)[C@@H](O)c1ccccc1. The summed E-state index contributed by atoms with van der Waals surface area (Å²) in [5, 5.41) is 15.3. The number of rotatable bonds is 7. The summed E-state index contributed by atoms with van der Waals surface area (Å²) in [5.74, 6) is 0.147. The van der Waals surface area contributed by atoms with Crippen molar-refractivity contribution in [1.82, 2.24) is 5.32 Å². The standard InChI is InChI=1S/C16H19NO2S/c1-12(16(19)13-6-3-2-4-7-13)17-10-9-14(18)15-8-5-11-20-15/h2-8,11-12,16-17,19H,9-10H2,1H3/t12-,16-/m1/s1. The lowest BCUT2D eigenvalue weighted by molar-refractivity contribution is 0.0976. The molecule has 0 aliphatic carbocycles. The lowest BCUT2D eigenvalue weighted by Crippen LogP contribution is -2.33. The summed E-state index contributed by atoms with van der Waals surface area (Å²) in [5.41, 5.74) is 0.886. The number of nitrogens with one attached hydrogen (secondary N) is 1. The molecule has 0 unspecified atom stereocenters. The smallest absolute Gasteiger partial charge is 0.174 e. The van der Waals surface area contributed by atoms with Crippen LogP contribution in [0.5, 0.6) is 0 Å². The molecule has 0 fully saturated rings. The zero-order valence-corrected chi connectivity index (χ0v) is 12.3. The lowest BCUT2D eigenvalue weighted by Gasteiger charge is -2.20. The van der Waals surface area contributed by atoms with Gasteiger partial charge in [-0.3, -0.25) is 4.79 Å². The van der Waals surface area contributed by atoms with Gasteiger partial charge in [0.2, 0.25) is 0 Å². The molecule has 4 heteroatoms. The molecule has 0 saturated heterocycles. The van der Waals surface area contributed by atoms with Crippen LogP contribution < -0.4 is 5.32 Å². The Labute approximate surface area is 123 Å². The molecule has 3 nitrogen and oxygen atoms in total. The Balaban J connectivity index is 1.78. The molecule has 2 N–H and O–H groups in total. The highest BCUT2D eigenvalue weighted by molar-refractivity contribution is 7.12. The van der Waals surface area contributed by atoms with Crippen LogP contribution in [0.15, 0.2) is 47.8 Å². The molecule has 1 aromatic carbocycles. The van der Waals surface area contributed by atoms with Crippen molar-refractivity contribution in [1.29, 1.82) is 0 Å². The molecule has 0 spiro atoms. The summed E-state index contributed by atoms with van der Waals surface area (Å²) in [4.78, 5) is 12.6. The van der Waals surface area contributed by atoms with Crippen LogP contribution in [0.4, 0.5) is 0 Å².